The summed E-state index contributed by atoms with van der Waals surface area (Å²) in [6.07, 6.45) is -3.38. The number of nitrogens with zero attached hydrogens (tertiary/aromatic N) is 3. The minimum absolute atomic E-state index is 0.0971. The second kappa shape index (κ2) is 7.68. The van der Waals surface area contributed by atoms with Crippen LogP contribution in [0.1, 0.15) is 56.5 Å². The topological polar surface area (TPSA) is 68.5 Å². The molecule has 6 nitrogen and oxygen atoms in total. The first-order chi connectivity index (χ1) is 13.4. The average molecular weight is 411 g/mol. The van der Waals surface area contributed by atoms with Crippen LogP contribution in [0.2, 0.25) is 0 Å². The van der Waals surface area contributed by atoms with Crippen LogP contribution < -0.4 is 0 Å². The second-order valence-corrected chi connectivity index (χ2v) is 8.25. The zero-order chi connectivity index (χ0) is 21.4. The Morgan fingerprint density at radius 3 is 2.66 bits per heavy atom. The van der Waals surface area contributed by atoms with Gasteiger partial charge in [-0.3, -0.25) is 0 Å². The lowest BCUT2D eigenvalue weighted by atomic mass is 9.98. The Morgan fingerprint density at radius 1 is 1.28 bits per heavy atom. The van der Waals surface area contributed by atoms with Crippen molar-refractivity contribution in [3.8, 4) is 11.4 Å². The van der Waals surface area contributed by atoms with Crippen molar-refractivity contribution in [1.29, 1.82) is 0 Å². The highest BCUT2D eigenvalue weighted by atomic mass is 19.4. The molecule has 0 radical (unpaired) electrons. The summed E-state index contributed by atoms with van der Waals surface area (Å²) in [5.74, 6) is 0.215. The molecule has 158 valence electrons. The molecule has 9 heteroatoms. The van der Waals surface area contributed by atoms with Gasteiger partial charge in [-0.1, -0.05) is 17.3 Å². The predicted molar refractivity (Wildman–Crippen MR) is 99.3 cm³/mol. The molecule has 0 N–H and O–H groups in total. The summed E-state index contributed by atoms with van der Waals surface area (Å²) in [7, 11) is 0. The number of hydrogen-bond acceptors (Lipinski definition) is 5. The average Bonchev–Trinajstić information content (AvgIpc) is 3.10. The molecule has 1 aromatic heterocycles. The monoisotopic (exact) mass is 411 g/mol. The summed E-state index contributed by atoms with van der Waals surface area (Å²) >= 11 is 0. The zero-order valence-electron chi connectivity index (χ0n) is 16.8. The Balaban J connectivity index is 1.77. The van der Waals surface area contributed by atoms with Crippen molar-refractivity contribution in [3.05, 3.63) is 35.2 Å². The fourth-order valence-electron chi connectivity index (χ4n) is 3.26. The maximum absolute atomic E-state index is 13.2. The zero-order valence-corrected chi connectivity index (χ0v) is 16.8. The van der Waals surface area contributed by atoms with E-state index in [1.54, 1.807) is 25.7 Å². The van der Waals surface area contributed by atoms with Gasteiger partial charge in [0.15, 0.2) is 0 Å². The van der Waals surface area contributed by atoms with Gasteiger partial charge >= 0.3 is 12.3 Å². The Labute approximate surface area is 167 Å². The van der Waals surface area contributed by atoms with E-state index in [1.165, 1.54) is 19.1 Å². The third-order valence-electron chi connectivity index (χ3n) is 4.67. The molecule has 1 saturated heterocycles. The number of alkyl halides is 3. The normalized spacial score (nSPS) is 18.0. The van der Waals surface area contributed by atoms with Gasteiger partial charge in [0.05, 0.1) is 11.5 Å². The molecule has 0 saturated carbocycles. The van der Waals surface area contributed by atoms with E-state index in [4.69, 9.17) is 9.26 Å². The molecule has 2 heterocycles. The number of carbonyl (C=O) groups excluding carboxylic acids is 1. The third-order valence-corrected chi connectivity index (χ3v) is 4.67. The Kier molecular flexibility index (Phi) is 5.60. The van der Waals surface area contributed by atoms with E-state index < -0.39 is 23.4 Å². The quantitative estimate of drug-likeness (QED) is 0.681. The molecule has 29 heavy (non-hydrogen) atoms. The van der Waals surface area contributed by atoms with E-state index in [0.29, 0.717) is 19.0 Å². The van der Waals surface area contributed by atoms with Crippen molar-refractivity contribution in [2.45, 2.75) is 58.2 Å². The highest BCUT2D eigenvalue weighted by Gasteiger charge is 2.34. The van der Waals surface area contributed by atoms with E-state index in [9.17, 15) is 18.0 Å². The highest BCUT2D eigenvalue weighted by Crippen LogP contribution is 2.35. The van der Waals surface area contributed by atoms with Crippen LogP contribution in [0.3, 0.4) is 0 Å². The number of rotatable bonds is 2. The molecule has 0 bridgehead atoms. The fraction of sp³-hybridized carbons (Fsp3) is 0.550. The number of piperidine rings is 1. The first-order valence-electron chi connectivity index (χ1n) is 9.44. The van der Waals surface area contributed by atoms with Crippen LogP contribution in [0.5, 0.6) is 0 Å². The molecule has 0 unspecified atom stereocenters. The summed E-state index contributed by atoms with van der Waals surface area (Å²) in [5, 5.41) is 3.86. The SMILES string of the molecule is Cc1ccc(-c2noc([C@@H]3CCCN(C(=O)OC(C)(C)C)C3)n2)cc1C(F)(F)F. The van der Waals surface area contributed by atoms with Crippen molar-refractivity contribution >= 4 is 6.09 Å². The van der Waals surface area contributed by atoms with Crippen LogP contribution in [0.15, 0.2) is 22.7 Å². The highest BCUT2D eigenvalue weighted by molar-refractivity contribution is 5.68. The van der Waals surface area contributed by atoms with Crippen molar-refractivity contribution < 1.29 is 27.2 Å². The number of halogens is 3. The number of carbonyl (C=O) groups is 1. The molecule has 1 aromatic carbocycles. The predicted octanol–water partition coefficient (Wildman–Crippen LogP) is 5.18. The molecular formula is C20H24F3N3O3. The van der Waals surface area contributed by atoms with Crippen molar-refractivity contribution in [3.63, 3.8) is 0 Å². The smallest absolute Gasteiger partial charge is 0.416 e. The van der Waals surface area contributed by atoms with E-state index in [1.807, 2.05) is 0 Å². The molecule has 1 atom stereocenters. The number of aryl methyl sites for hydroxylation is 1. The van der Waals surface area contributed by atoms with Gasteiger partial charge in [0.25, 0.3) is 0 Å². The summed E-state index contributed by atoms with van der Waals surface area (Å²) in [4.78, 5) is 18.2. The minimum atomic E-state index is -4.45. The maximum Gasteiger partial charge on any atom is 0.416 e. The second-order valence-electron chi connectivity index (χ2n) is 8.25. The lowest BCUT2D eigenvalue weighted by Crippen LogP contribution is -2.42. The summed E-state index contributed by atoms with van der Waals surface area (Å²) in [6.45, 7) is 7.73. The van der Waals surface area contributed by atoms with E-state index in [-0.39, 0.29) is 22.9 Å². The Morgan fingerprint density at radius 2 is 2.00 bits per heavy atom. The van der Waals surface area contributed by atoms with Crippen LogP contribution in [-0.4, -0.2) is 39.8 Å². The van der Waals surface area contributed by atoms with Crippen LogP contribution in [0, 0.1) is 6.92 Å². The van der Waals surface area contributed by atoms with Crippen LogP contribution in [0.4, 0.5) is 18.0 Å². The van der Waals surface area contributed by atoms with E-state index in [0.717, 1.165) is 18.9 Å². The van der Waals surface area contributed by atoms with Gasteiger partial charge in [-0.2, -0.15) is 18.2 Å². The van der Waals surface area contributed by atoms with Crippen molar-refractivity contribution in [2.75, 3.05) is 13.1 Å². The summed E-state index contributed by atoms with van der Waals surface area (Å²) in [6, 6.07) is 3.95. The summed E-state index contributed by atoms with van der Waals surface area (Å²) in [5.41, 5.74) is -0.957. The van der Waals surface area contributed by atoms with Gasteiger partial charge in [-0.15, -0.1) is 0 Å². The van der Waals surface area contributed by atoms with Gasteiger partial charge in [0, 0.05) is 18.7 Å². The number of amides is 1. The molecule has 1 aliphatic heterocycles. The van der Waals surface area contributed by atoms with Crippen molar-refractivity contribution in [2.24, 2.45) is 0 Å². The molecule has 1 aliphatic rings. The first-order valence-corrected chi connectivity index (χ1v) is 9.44. The number of benzene rings is 1. The molecule has 2 aromatic rings. The standard InChI is InChI=1S/C20H24F3N3O3/c1-12-7-8-13(10-15(12)20(21,22)23)16-24-17(29-25-16)14-6-5-9-26(11-14)18(27)28-19(2,3)4/h7-8,10,14H,5-6,9,11H2,1-4H3/t14-/m1/s1. The fourth-order valence-corrected chi connectivity index (χ4v) is 3.26. The Bertz CT molecular complexity index is 887. The molecule has 0 spiro atoms. The minimum Gasteiger partial charge on any atom is -0.444 e. The van der Waals surface area contributed by atoms with Crippen LogP contribution in [-0.2, 0) is 10.9 Å². The van der Waals surface area contributed by atoms with Gasteiger partial charge in [-0.25, -0.2) is 4.79 Å². The van der Waals surface area contributed by atoms with Gasteiger partial charge in [0.1, 0.15) is 5.60 Å². The third kappa shape index (κ3) is 5.07. The lowest BCUT2D eigenvalue weighted by molar-refractivity contribution is -0.138. The molecular weight excluding hydrogens is 387 g/mol. The molecule has 0 aliphatic carbocycles. The first kappa shape index (κ1) is 21.1. The van der Waals surface area contributed by atoms with Gasteiger partial charge < -0.3 is 14.2 Å². The maximum atomic E-state index is 13.2. The van der Waals surface area contributed by atoms with Gasteiger partial charge in [0.2, 0.25) is 11.7 Å². The Hall–Kier alpha value is -2.58. The number of likely N-dealkylation sites (tertiary alicyclic amines) is 1. The number of ether oxygens (including phenoxy) is 1. The molecule has 1 fully saturated rings. The van der Waals surface area contributed by atoms with E-state index in [2.05, 4.69) is 10.1 Å². The van der Waals surface area contributed by atoms with E-state index >= 15 is 0 Å². The largest absolute Gasteiger partial charge is 0.444 e. The van der Waals surface area contributed by atoms with Crippen molar-refractivity contribution in [1.82, 2.24) is 15.0 Å². The number of aromatic nitrogens is 2. The number of hydrogen-bond donors (Lipinski definition) is 0. The van der Waals surface area contributed by atoms with Gasteiger partial charge in [-0.05, 0) is 52.2 Å². The molecule has 3 rings (SSSR count). The summed E-state index contributed by atoms with van der Waals surface area (Å²) < 4.78 is 50.2. The lowest BCUT2D eigenvalue weighted by Gasteiger charge is -2.32. The molecule has 1 amide bonds. The van der Waals surface area contributed by atoms with Crippen LogP contribution in [0.25, 0.3) is 11.4 Å². The van der Waals surface area contributed by atoms with Crippen LogP contribution >= 0.6 is 0 Å².